The molecule has 0 saturated carbocycles. The summed E-state index contributed by atoms with van der Waals surface area (Å²) in [6.45, 7) is 0. The van der Waals surface area contributed by atoms with Gasteiger partial charge < -0.3 is 4.57 Å². The normalized spacial score (nSPS) is 11.8. The van der Waals surface area contributed by atoms with Crippen LogP contribution in [0.3, 0.4) is 0 Å². The maximum Gasteiger partial charge on any atom is 0.164 e. The maximum absolute atomic E-state index is 5.19. The van der Waals surface area contributed by atoms with Gasteiger partial charge in [0.1, 0.15) is 5.01 Å². The molecule has 7 heteroatoms. The number of thiazole rings is 1. The fourth-order valence-corrected chi connectivity index (χ4v) is 9.56. The molecule has 0 bridgehead atoms. The van der Waals surface area contributed by atoms with E-state index in [-0.39, 0.29) is 0 Å². The fraction of sp³-hybridized carbons (Fsp3) is 0. The lowest BCUT2D eigenvalue weighted by Crippen LogP contribution is -2.02. The van der Waals surface area contributed by atoms with Gasteiger partial charge in [0.25, 0.3) is 0 Å². The van der Waals surface area contributed by atoms with Crippen LogP contribution in [0.15, 0.2) is 164 Å². The first-order valence-electron chi connectivity index (χ1n) is 17.5. The van der Waals surface area contributed by atoms with Crippen LogP contribution < -0.4 is 0 Å². The number of thiophene rings is 1. The highest BCUT2D eigenvalue weighted by Gasteiger charge is 2.20. The van der Waals surface area contributed by atoms with Crippen LogP contribution in [0.1, 0.15) is 0 Å². The Labute approximate surface area is 312 Å². The van der Waals surface area contributed by atoms with E-state index in [2.05, 4.69) is 144 Å². The highest BCUT2D eigenvalue weighted by Crippen LogP contribution is 2.41. The number of fused-ring (bicyclic) bond motifs is 7. The predicted molar refractivity (Wildman–Crippen MR) is 222 cm³/mol. The minimum absolute atomic E-state index is 0.612. The molecule has 0 amide bonds. The molecule has 0 aliphatic rings. The summed E-state index contributed by atoms with van der Waals surface area (Å²) in [6, 6.07) is 57.4. The molecule has 53 heavy (non-hydrogen) atoms. The topological polar surface area (TPSA) is 56.5 Å². The van der Waals surface area contributed by atoms with Gasteiger partial charge in [0, 0.05) is 53.2 Å². The zero-order valence-corrected chi connectivity index (χ0v) is 29.8. The summed E-state index contributed by atoms with van der Waals surface area (Å²) in [6.07, 6.45) is 0. The maximum atomic E-state index is 5.19. The lowest BCUT2D eigenvalue weighted by atomic mass is 10.1. The van der Waals surface area contributed by atoms with Gasteiger partial charge in [-0.05, 0) is 54.6 Å². The number of hydrogen-bond donors (Lipinski definition) is 0. The van der Waals surface area contributed by atoms with Gasteiger partial charge in [-0.3, -0.25) is 0 Å². The SMILES string of the molecule is c1ccc(-c2nc(-c3ccc(-n4c5ccccc5c5ccccc54)c(-c4nc5ccccc5s4)c3)nc(-c3ccc4c(c3)sc3ccccc34)n2)cc1. The minimum Gasteiger partial charge on any atom is -0.309 e. The highest BCUT2D eigenvalue weighted by molar-refractivity contribution is 7.25. The predicted octanol–water partition coefficient (Wildman–Crippen LogP) is 12.6. The number of para-hydroxylation sites is 3. The number of hydrogen-bond acceptors (Lipinski definition) is 6. The van der Waals surface area contributed by atoms with Crippen LogP contribution in [0.2, 0.25) is 0 Å². The molecule has 0 spiro atoms. The first-order valence-corrected chi connectivity index (χ1v) is 19.1. The summed E-state index contributed by atoms with van der Waals surface area (Å²) in [5.74, 6) is 1.89. The molecule has 0 radical (unpaired) electrons. The minimum atomic E-state index is 0.612. The van der Waals surface area contributed by atoms with Crippen molar-refractivity contribution in [3.05, 3.63) is 164 Å². The van der Waals surface area contributed by atoms with E-state index in [1.54, 1.807) is 22.7 Å². The smallest absolute Gasteiger partial charge is 0.164 e. The summed E-state index contributed by atoms with van der Waals surface area (Å²) < 4.78 is 5.99. The molecule has 4 heterocycles. The molecule has 0 N–H and O–H groups in total. The molecule has 4 aromatic heterocycles. The van der Waals surface area contributed by atoms with Gasteiger partial charge in [-0.1, -0.05) is 109 Å². The van der Waals surface area contributed by atoms with Crippen molar-refractivity contribution in [1.29, 1.82) is 0 Å². The molecule has 0 atom stereocenters. The van der Waals surface area contributed by atoms with Crippen molar-refractivity contribution in [2.45, 2.75) is 0 Å². The van der Waals surface area contributed by atoms with Crippen LogP contribution in [-0.2, 0) is 0 Å². The monoisotopic (exact) mass is 713 g/mol. The third-order valence-corrected chi connectivity index (χ3v) is 12.1. The largest absolute Gasteiger partial charge is 0.309 e. The highest BCUT2D eigenvalue weighted by atomic mass is 32.1. The summed E-state index contributed by atoms with van der Waals surface area (Å²) in [5, 5.41) is 5.89. The van der Waals surface area contributed by atoms with E-state index in [0.29, 0.717) is 17.5 Å². The summed E-state index contributed by atoms with van der Waals surface area (Å²) in [4.78, 5) is 20.6. The molecule has 0 aliphatic heterocycles. The molecule has 11 rings (SSSR count). The van der Waals surface area contributed by atoms with Gasteiger partial charge in [-0.2, -0.15) is 0 Å². The van der Waals surface area contributed by atoms with Crippen LogP contribution in [-0.4, -0.2) is 24.5 Å². The number of aromatic nitrogens is 5. The second kappa shape index (κ2) is 12.0. The second-order valence-corrected chi connectivity index (χ2v) is 15.2. The molecule has 0 saturated heterocycles. The molecule has 0 fully saturated rings. The number of rotatable bonds is 5. The quantitative estimate of drug-likeness (QED) is 0.178. The summed E-state index contributed by atoms with van der Waals surface area (Å²) in [5.41, 5.74) is 8.14. The van der Waals surface area contributed by atoms with E-state index in [0.717, 1.165) is 54.2 Å². The van der Waals surface area contributed by atoms with Gasteiger partial charge in [-0.25, -0.2) is 19.9 Å². The van der Waals surface area contributed by atoms with Crippen LogP contribution >= 0.6 is 22.7 Å². The number of benzene rings is 7. The molecule has 5 nitrogen and oxygen atoms in total. The van der Waals surface area contributed by atoms with Crippen molar-refractivity contribution in [3.8, 4) is 50.4 Å². The van der Waals surface area contributed by atoms with Crippen molar-refractivity contribution >= 4 is 74.9 Å². The summed E-state index contributed by atoms with van der Waals surface area (Å²) >= 11 is 3.50. The Morgan fingerprint density at radius 1 is 0.377 bits per heavy atom. The second-order valence-electron chi connectivity index (χ2n) is 13.1. The third kappa shape index (κ3) is 4.97. The summed E-state index contributed by atoms with van der Waals surface area (Å²) in [7, 11) is 0. The third-order valence-electron chi connectivity index (χ3n) is 9.90. The van der Waals surface area contributed by atoms with Crippen molar-refractivity contribution in [2.24, 2.45) is 0 Å². The first-order chi connectivity index (χ1) is 26.2. The Morgan fingerprint density at radius 2 is 0.943 bits per heavy atom. The van der Waals surface area contributed by atoms with E-state index < -0.39 is 0 Å². The van der Waals surface area contributed by atoms with Crippen molar-refractivity contribution in [1.82, 2.24) is 24.5 Å². The van der Waals surface area contributed by atoms with E-state index in [4.69, 9.17) is 19.9 Å². The van der Waals surface area contributed by atoms with E-state index in [9.17, 15) is 0 Å². The van der Waals surface area contributed by atoms with Crippen LogP contribution in [0.25, 0.3) is 103 Å². The first kappa shape index (κ1) is 30.1. The standard InChI is InChI=1S/C46H27N5S2/c1-2-12-28(13-3-1)43-48-44(50-45(49-43)30-22-24-34-33-16-6-10-20-40(33)52-42(34)27-30)29-23-25-39(35(26-29)46-47-36-17-7-11-21-41(36)53-46)51-37-18-8-4-14-31(37)32-15-5-9-19-38(32)51/h1-27H. The van der Waals surface area contributed by atoms with Gasteiger partial charge in [0.05, 0.1) is 26.9 Å². The molecular weight excluding hydrogens is 687 g/mol. The van der Waals surface area contributed by atoms with E-state index in [1.165, 1.54) is 30.9 Å². The Morgan fingerprint density at radius 3 is 1.68 bits per heavy atom. The molecule has 0 aliphatic carbocycles. The molecule has 11 aromatic rings. The van der Waals surface area contributed by atoms with Crippen LogP contribution in [0.5, 0.6) is 0 Å². The van der Waals surface area contributed by atoms with Gasteiger partial charge in [0.2, 0.25) is 0 Å². The zero-order valence-electron chi connectivity index (χ0n) is 28.1. The van der Waals surface area contributed by atoms with Crippen molar-refractivity contribution < 1.29 is 0 Å². The van der Waals surface area contributed by atoms with E-state index >= 15 is 0 Å². The van der Waals surface area contributed by atoms with Crippen LogP contribution in [0, 0.1) is 0 Å². The Balaban J connectivity index is 1.15. The lowest BCUT2D eigenvalue weighted by molar-refractivity contribution is 1.07. The lowest BCUT2D eigenvalue weighted by Gasteiger charge is -2.14. The average Bonchev–Trinajstić information content (AvgIpc) is 3.92. The van der Waals surface area contributed by atoms with Gasteiger partial charge in [0.15, 0.2) is 17.5 Å². The number of nitrogens with zero attached hydrogens (tertiary/aromatic N) is 5. The Bertz CT molecular complexity index is 3110. The van der Waals surface area contributed by atoms with E-state index in [1.807, 2.05) is 24.3 Å². The zero-order chi connectivity index (χ0) is 34.9. The van der Waals surface area contributed by atoms with Gasteiger partial charge in [-0.15, -0.1) is 22.7 Å². The Kier molecular flexibility index (Phi) is 6.83. The molecule has 7 aromatic carbocycles. The van der Waals surface area contributed by atoms with Gasteiger partial charge >= 0.3 is 0 Å². The van der Waals surface area contributed by atoms with Crippen LogP contribution in [0.4, 0.5) is 0 Å². The fourth-order valence-electron chi connectivity index (χ4n) is 7.43. The molecule has 248 valence electrons. The average molecular weight is 714 g/mol. The van der Waals surface area contributed by atoms with Crippen molar-refractivity contribution in [3.63, 3.8) is 0 Å². The molecular formula is C46H27N5S2. The van der Waals surface area contributed by atoms with Crippen molar-refractivity contribution in [2.75, 3.05) is 0 Å². The molecule has 0 unspecified atom stereocenters. The Hall–Kier alpha value is -6.54.